The average molecular weight is 271 g/mol. The van der Waals surface area contributed by atoms with Crippen LogP contribution in [0.25, 0.3) is 10.8 Å². The van der Waals surface area contributed by atoms with Crippen LogP contribution in [0.15, 0.2) is 42.5 Å². The van der Waals surface area contributed by atoms with Gasteiger partial charge in [-0.25, -0.2) is 0 Å². The summed E-state index contributed by atoms with van der Waals surface area (Å²) in [4.78, 5) is 11.7. The van der Waals surface area contributed by atoms with Crippen LogP contribution in [-0.4, -0.2) is 17.6 Å². The smallest absolute Gasteiger partial charge is 0.222 e. The summed E-state index contributed by atoms with van der Waals surface area (Å²) in [7, 11) is 0. The van der Waals surface area contributed by atoms with Crippen LogP contribution in [0.4, 0.5) is 0 Å². The van der Waals surface area contributed by atoms with Crippen molar-refractivity contribution in [1.29, 1.82) is 0 Å². The molecule has 106 valence electrons. The Labute approximate surface area is 119 Å². The van der Waals surface area contributed by atoms with E-state index in [0.29, 0.717) is 0 Å². The first-order valence-electron chi connectivity index (χ1n) is 7.06. The van der Waals surface area contributed by atoms with Gasteiger partial charge in [0.1, 0.15) is 0 Å². The number of nitrogens with one attached hydrogen (secondary N) is 1. The second-order valence-electron chi connectivity index (χ2n) is 5.18. The molecule has 3 heteroatoms. The molecule has 0 spiro atoms. The van der Waals surface area contributed by atoms with Crippen molar-refractivity contribution in [2.75, 3.05) is 6.54 Å². The highest BCUT2D eigenvalue weighted by Crippen LogP contribution is 2.20. The van der Waals surface area contributed by atoms with E-state index < -0.39 is 6.10 Å². The zero-order valence-electron chi connectivity index (χ0n) is 12.0. The summed E-state index contributed by atoms with van der Waals surface area (Å²) < 4.78 is 0. The lowest BCUT2D eigenvalue weighted by atomic mass is 10.0. The van der Waals surface area contributed by atoms with Gasteiger partial charge in [0.25, 0.3) is 0 Å². The molecule has 2 atom stereocenters. The Balaban J connectivity index is 2.04. The van der Waals surface area contributed by atoms with Crippen LogP contribution in [0.1, 0.15) is 31.9 Å². The first-order valence-corrected chi connectivity index (χ1v) is 7.06. The largest absolute Gasteiger partial charge is 0.387 e. The zero-order valence-corrected chi connectivity index (χ0v) is 12.0. The van der Waals surface area contributed by atoms with E-state index in [1.165, 1.54) is 0 Å². The minimum atomic E-state index is -0.674. The van der Waals surface area contributed by atoms with Gasteiger partial charge in [0, 0.05) is 12.5 Å². The number of carbonyl (C=O) groups excluding carboxylic acids is 1. The summed E-state index contributed by atoms with van der Waals surface area (Å²) in [6.07, 6.45) is 0.130. The number of benzene rings is 2. The summed E-state index contributed by atoms with van der Waals surface area (Å²) in [5.74, 6) is -0.0221. The fourth-order valence-corrected chi connectivity index (χ4v) is 2.09. The molecule has 0 aliphatic carbocycles. The molecular formula is C17H21NO2. The van der Waals surface area contributed by atoms with E-state index in [4.69, 9.17) is 0 Å². The Morgan fingerprint density at radius 2 is 1.90 bits per heavy atom. The van der Waals surface area contributed by atoms with Gasteiger partial charge in [0.05, 0.1) is 6.10 Å². The SMILES string of the molecule is CCC(C)C(=O)NCC(O)c1ccc2ccccc2c1. The maximum absolute atomic E-state index is 11.7. The van der Waals surface area contributed by atoms with E-state index in [0.717, 1.165) is 22.8 Å². The molecule has 0 bridgehead atoms. The lowest BCUT2D eigenvalue weighted by Gasteiger charge is -2.15. The molecule has 2 aromatic carbocycles. The van der Waals surface area contributed by atoms with Gasteiger partial charge in [-0.15, -0.1) is 0 Å². The highest BCUT2D eigenvalue weighted by molar-refractivity contribution is 5.83. The average Bonchev–Trinajstić information content (AvgIpc) is 2.50. The van der Waals surface area contributed by atoms with Gasteiger partial charge < -0.3 is 10.4 Å². The monoisotopic (exact) mass is 271 g/mol. The van der Waals surface area contributed by atoms with E-state index in [2.05, 4.69) is 5.32 Å². The fourth-order valence-electron chi connectivity index (χ4n) is 2.09. The van der Waals surface area contributed by atoms with E-state index in [-0.39, 0.29) is 18.4 Å². The summed E-state index contributed by atoms with van der Waals surface area (Å²) >= 11 is 0. The lowest BCUT2D eigenvalue weighted by molar-refractivity contribution is -0.125. The fraction of sp³-hybridized carbons (Fsp3) is 0.353. The second-order valence-corrected chi connectivity index (χ2v) is 5.18. The first-order chi connectivity index (χ1) is 9.61. The van der Waals surface area contributed by atoms with Crippen molar-refractivity contribution in [2.45, 2.75) is 26.4 Å². The zero-order chi connectivity index (χ0) is 14.5. The van der Waals surface area contributed by atoms with Gasteiger partial charge in [-0.05, 0) is 28.8 Å². The summed E-state index contributed by atoms with van der Waals surface area (Å²) in [6, 6.07) is 13.9. The van der Waals surface area contributed by atoms with Crippen LogP contribution in [0.3, 0.4) is 0 Å². The van der Waals surface area contributed by atoms with Gasteiger partial charge >= 0.3 is 0 Å². The van der Waals surface area contributed by atoms with Gasteiger partial charge in [-0.2, -0.15) is 0 Å². The Hall–Kier alpha value is -1.87. The van der Waals surface area contributed by atoms with Crippen molar-refractivity contribution in [1.82, 2.24) is 5.32 Å². The Morgan fingerprint density at radius 1 is 1.20 bits per heavy atom. The topological polar surface area (TPSA) is 49.3 Å². The molecule has 20 heavy (non-hydrogen) atoms. The summed E-state index contributed by atoms with van der Waals surface area (Å²) in [6.45, 7) is 4.11. The molecule has 3 nitrogen and oxygen atoms in total. The third kappa shape index (κ3) is 3.36. The molecule has 0 fully saturated rings. The van der Waals surface area contributed by atoms with Gasteiger partial charge in [-0.1, -0.05) is 50.2 Å². The van der Waals surface area contributed by atoms with Crippen LogP contribution in [-0.2, 0) is 4.79 Å². The first kappa shape index (κ1) is 14.5. The second kappa shape index (κ2) is 6.53. The van der Waals surface area contributed by atoms with Gasteiger partial charge in [0.15, 0.2) is 0 Å². The van der Waals surface area contributed by atoms with Crippen LogP contribution in [0.5, 0.6) is 0 Å². The van der Waals surface area contributed by atoms with Crippen molar-refractivity contribution in [3.8, 4) is 0 Å². The summed E-state index contributed by atoms with van der Waals surface area (Å²) in [5.41, 5.74) is 0.827. The van der Waals surface area contributed by atoms with Crippen molar-refractivity contribution in [2.24, 2.45) is 5.92 Å². The van der Waals surface area contributed by atoms with Crippen molar-refractivity contribution < 1.29 is 9.90 Å². The molecule has 0 aromatic heterocycles. The molecule has 0 saturated heterocycles. The number of fused-ring (bicyclic) bond motifs is 1. The minimum absolute atomic E-state index is 0.00709. The van der Waals surface area contributed by atoms with Crippen molar-refractivity contribution in [3.63, 3.8) is 0 Å². The number of hydrogen-bond donors (Lipinski definition) is 2. The molecule has 2 aromatic rings. The van der Waals surface area contributed by atoms with Gasteiger partial charge in [0.2, 0.25) is 5.91 Å². The number of rotatable bonds is 5. The third-order valence-electron chi connectivity index (χ3n) is 3.69. The molecular weight excluding hydrogens is 250 g/mol. The molecule has 2 unspecified atom stereocenters. The maximum atomic E-state index is 11.7. The Morgan fingerprint density at radius 3 is 2.60 bits per heavy atom. The predicted octanol–water partition coefficient (Wildman–Crippen LogP) is 3.04. The normalized spacial score (nSPS) is 13.9. The Kier molecular flexibility index (Phi) is 4.74. The molecule has 0 radical (unpaired) electrons. The van der Waals surface area contributed by atoms with Crippen molar-refractivity contribution >= 4 is 16.7 Å². The van der Waals surface area contributed by atoms with Crippen LogP contribution in [0, 0.1) is 5.92 Å². The number of aliphatic hydroxyl groups is 1. The van der Waals surface area contributed by atoms with Crippen molar-refractivity contribution in [3.05, 3.63) is 48.0 Å². The number of aliphatic hydroxyl groups excluding tert-OH is 1. The molecule has 0 aliphatic heterocycles. The minimum Gasteiger partial charge on any atom is -0.387 e. The third-order valence-corrected chi connectivity index (χ3v) is 3.69. The summed E-state index contributed by atoms with van der Waals surface area (Å²) in [5, 5.41) is 15.2. The van der Waals surface area contributed by atoms with E-state index in [1.54, 1.807) is 0 Å². The molecule has 0 saturated carbocycles. The lowest BCUT2D eigenvalue weighted by Crippen LogP contribution is -2.32. The highest BCUT2D eigenvalue weighted by Gasteiger charge is 2.13. The standard InChI is InChI=1S/C17H21NO2/c1-3-12(2)17(20)18-11-16(19)15-9-8-13-6-4-5-7-14(13)10-15/h4-10,12,16,19H,3,11H2,1-2H3,(H,18,20). The van der Waals surface area contributed by atoms with Crippen LogP contribution >= 0.6 is 0 Å². The number of amides is 1. The Bertz CT molecular complexity index is 594. The maximum Gasteiger partial charge on any atom is 0.222 e. The van der Waals surface area contributed by atoms with E-state index in [1.807, 2.05) is 56.3 Å². The molecule has 0 aliphatic rings. The molecule has 2 rings (SSSR count). The number of carbonyl (C=O) groups is 1. The quantitative estimate of drug-likeness (QED) is 0.878. The number of hydrogen-bond acceptors (Lipinski definition) is 2. The van der Waals surface area contributed by atoms with E-state index >= 15 is 0 Å². The van der Waals surface area contributed by atoms with Gasteiger partial charge in [-0.3, -0.25) is 4.79 Å². The highest BCUT2D eigenvalue weighted by atomic mass is 16.3. The molecule has 2 N–H and O–H groups in total. The van der Waals surface area contributed by atoms with Crippen LogP contribution in [0.2, 0.25) is 0 Å². The van der Waals surface area contributed by atoms with Crippen LogP contribution < -0.4 is 5.32 Å². The molecule has 0 heterocycles. The predicted molar refractivity (Wildman–Crippen MR) is 81.4 cm³/mol. The van der Waals surface area contributed by atoms with E-state index in [9.17, 15) is 9.90 Å². The molecule has 1 amide bonds.